The normalized spacial score (nSPS) is 40.1. The van der Waals surface area contributed by atoms with Gasteiger partial charge in [-0.3, -0.25) is 4.79 Å². The number of fused-ring (bicyclic) bond motifs is 5. The molecule has 0 spiro atoms. The molecule has 0 aromatic rings. The van der Waals surface area contributed by atoms with E-state index in [1.807, 2.05) is 6.92 Å². The number of allylic oxidation sites excluding steroid dienone is 3. The van der Waals surface area contributed by atoms with Crippen molar-refractivity contribution in [1.82, 2.24) is 0 Å². The molecule has 0 aliphatic heterocycles. The SMILES string of the molecule is CC(=O)O[C@H]1CC[C@@]2(C)C(=CC[C@@H]3C2CC[C@]2(C)C(OS(=O)(=O)C(F)(F)F)=CC[C@@H]32)C1. The van der Waals surface area contributed by atoms with Crippen LogP contribution in [0, 0.1) is 28.6 Å². The smallest absolute Gasteiger partial charge is 0.462 e. The summed E-state index contributed by atoms with van der Waals surface area (Å²) >= 11 is 0. The molecule has 0 heterocycles. The number of hydrogen-bond acceptors (Lipinski definition) is 5. The van der Waals surface area contributed by atoms with E-state index in [1.54, 1.807) is 6.08 Å². The zero-order valence-electron chi connectivity index (χ0n) is 18.0. The zero-order valence-corrected chi connectivity index (χ0v) is 18.8. The number of carbonyl (C=O) groups excluding carboxylic acids is 1. The summed E-state index contributed by atoms with van der Waals surface area (Å²) in [6.45, 7) is 5.53. The highest BCUT2D eigenvalue weighted by atomic mass is 32.2. The predicted octanol–water partition coefficient (Wildman–Crippen LogP) is 5.24. The number of rotatable bonds is 3. The minimum atomic E-state index is -5.67. The van der Waals surface area contributed by atoms with Gasteiger partial charge in [0.05, 0.1) is 0 Å². The van der Waals surface area contributed by atoms with Gasteiger partial charge < -0.3 is 8.92 Å². The summed E-state index contributed by atoms with van der Waals surface area (Å²) in [5.41, 5.74) is -4.86. The Morgan fingerprint density at radius 2 is 1.74 bits per heavy atom. The Morgan fingerprint density at radius 3 is 2.39 bits per heavy atom. The molecule has 0 amide bonds. The van der Waals surface area contributed by atoms with Crippen molar-refractivity contribution in [3.8, 4) is 0 Å². The van der Waals surface area contributed by atoms with Crippen molar-refractivity contribution in [2.24, 2.45) is 28.6 Å². The van der Waals surface area contributed by atoms with Gasteiger partial charge in [0.25, 0.3) is 0 Å². The number of hydrogen-bond donors (Lipinski definition) is 0. The van der Waals surface area contributed by atoms with Gasteiger partial charge in [-0.25, -0.2) is 0 Å². The number of alkyl halides is 3. The largest absolute Gasteiger partial charge is 0.534 e. The highest BCUT2D eigenvalue weighted by molar-refractivity contribution is 7.87. The standard InChI is InChI=1S/C22H29F3O5S/c1-13(26)29-15-8-10-20(2)14(12-15)4-5-16-17-6-7-19(21(17,3)11-9-18(16)20)30-31(27,28)22(23,24)25/h4,7,15-18H,5-6,8-12H2,1-3H3/t15-,16-,17-,18?,20-,21-/m0/s1. The van der Waals surface area contributed by atoms with Crippen LogP contribution >= 0.6 is 0 Å². The molecule has 2 saturated carbocycles. The fraction of sp³-hybridized carbons (Fsp3) is 0.773. The van der Waals surface area contributed by atoms with Gasteiger partial charge in [-0.15, -0.1) is 0 Å². The summed E-state index contributed by atoms with van der Waals surface area (Å²) < 4.78 is 71.9. The third-order valence-corrected chi connectivity index (χ3v) is 9.35. The van der Waals surface area contributed by atoms with Crippen LogP contribution in [0.5, 0.6) is 0 Å². The van der Waals surface area contributed by atoms with Crippen LogP contribution in [0.4, 0.5) is 13.2 Å². The van der Waals surface area contributed by atoms with Gasteiger partial charge in [-0.05, 0) is 67.8 Å². The topological polar surface area (TPSA) is 69.7 Å². The Hall–Kier alpha value is -1.51. The van der Waals surface area contributed by atoms with Crippen molar-refractivity contribution >= 4 is 16.1 Å². The van der Waals surface area contributed by atoms with Crippen molar-refractivity contribution in [3.63, 3.8) is 0 Å². The van der Waals surface area contributed by atoms with Crippen LogP contribution in [0.1, 0.15) is 65.7 Å². The molecule has 6 atom stereocenters. The van der Waals surface area contributed by atoms with Gasteiger partial charge >= 0.3 is 21.6 Å². The Kier molecular flexibility index (Phi) is 5.30. The molecule has 4 rings (SSSR count). The number of halogens is 3. The molecular weight excluding hydrogens is 433 g/mol. The number of ether oxygens (including phenoxy) is 1. The van der Waals surface area contributed by atoms with Crippen LogP contribution in [-0.4, -0.2) is 26.0 Å². The summed E-state index contributed by atoms with van der Waals surface area (Å²) in [4.78, 5) is 11.4. The molecule has 31 heavy (non-hydrogen) atoms. The van der Waals surface area contributed by atoms with Crippen LogP contribution < -0.4 is 0 Å². The first kappa shape index (κ1) is 22.7. The summed E-state index contributed by atoms with van der Waals surface area (Å²) in [6, 6.07) is 0. The fourth-order valence-electron chi connectivity index (χ4n) is 6.79. The monoisotopic (exact) mass is 462 g/mol. The highest BCUT2D eigenvalue weighted by Crippen LogP contribution is 2.65. The van der Waals surface area contributed by atoms with Crippen molar-refractivity contribution < 1.29 is 35.3 Å². The molecule has 0 bridgehead atoms. The maximum absolute atomic E-state index is 12.9. The van der Waals surface area contributed by atoms with Gasteiger partial charge in [-0.2, -0.15) is 21.6 Å². The molecular formula is C22H29F3O5S. The molecule has 4 aliphatic carbocycles. The van der Waals surface area contributed by atoms with E-state index in [0.717, 1.165) is 32.1 Å². The molecule has 1 unspecified atom stereocenters. The van der Waals surface area contributed by atoms with Gasteiger partial charge in [-0.1, -0.05) is 25.5 Å². The van der Waals surface area contributed by atoms with E-state index in [0.29, 0.717) is 18.8 Å². The molecule has 0 N–H and O–H groups in total. The van der Waals surface area contributed by atoms with Crippen molar-refractivity contribution in [2.75, 3.05) is 0 Å². The van der Waals surface area contributed by atoms with Crippen LogP contribution in [-0.2, 0) is 23.8 Å². The molecule has 174 valence electrons. The van der Waals surface area contributed by atoms with E-state index < -0.39 is 21.0 Å². The predicted molar refractivity (Wildman–Crippen MR) is 107 cm³/mol. The first-order chi connectivity index (χ1) is 14.3. The van der Waals surface area contributed by atoms with E-state index in [2.05, 4.69) is 17.2 Å². The molecule has 9 heteroatoms. The van der Waals surface area contributed by atoms with E-state index in [4.69, 9.17) is 4.74 Å². The van der Waals surface area contributed by atoms with Crippen molar-refractivity contribution in [2.45, 2.75) is 77.3 Å². The minimum Gasteiger partial charge on any atom is -0.462 e. The van der Waals surface area contributed by atoms with Crippen LogP contribution in [0.2, 0.25) is 0 Å². The molecule has 0 aromatic heterocycles. The third-order valence-electron chi connectivity index (χ3n) is 8.38. The number of carbonyl (C=O) groups is 1. The van der Waals surface area contributed by atoms with Gasteiger partial charge in [0, 0.05) is 18.8 Å². The van der Waals surface area contributed by atoms with Crippen LogP contribution in [0.3, 0.4) is 0 Å². The quantitative estimate of drug-likeness (QED) is 0.248. The van der Waals surface area contributed by atoms with E-state index in [-0.39, 0.29) is 35.1 Å². The zero-order chi connectivity index (χ0) is 22.8. The lowest BCUT2D eigenvalue weighted by molar-refractivity contribution is -0.148. The number of esters is 1. The average Bonchev–Trinajstić information content (AvgIpc) is 2.96. The lowest BCUT2D eigenvalue weighted by atomic mass is 9.48. The van der Waals surface area contributed by atoms with E-state index >= 15 is 0 Å². The molecule has 5 nitrogen and oxygen atoms in total. The van der Waals surface area contributed by atoms with Crippen LogP contribution in [0.25, 0.3) is 0 Å². The van der Waals surface area contributed by atoms with Crippen LogP contribution in [0.15, 0.2) is 23.5 Å². The maximum Gasteiger partial charge on any atom is 0.534 e. The maximum atomic E-state index is 12.9. The second kappa shape index (κ2) is 7.25. The molecule has 0 aromatic carbocycles. The summed E-state index contributed by atoms with van der Waals surface area (Å²) in [6.07, 6.45) is 8.84. The second-order valence-corrected chi connectivity index (χ2v) is 11.5. The van der Waals surface area contributed by atoms with Gasteiger partial charge in [0.1, 0.15) is 11.9 Å². The first-order valence-corrected chi connectivity index (χ1v) is 12.3. The Morgan fingerprint density at radius 1 is 1.06 bits per heavy atom. The second-order valence-electron chi connectivity index (χ2n) is 9.98. The van der Waals surface area contributed by atoms with Gasteiger partial charge in [0.2, 0.25) is 0 Å². The Labute approximate surface area is 181 Å². The Balaban J connectivity index is 1.55. The molecule has 0 radical (unpaired) electrons. The molecule has 4 aliphatic rings. The summed E-state index contributed by atoms with van der Waals surface area (Å²) in [5, 5.41) is 0. The van der Waals surface area contributed by atoms with E-state index in [9.17, 15) is 26.4 Å². The lowest BCUT2D eigenvalue weighted by Crippen LogP contribution is -2.50. The average molecular weight is 463 g/mol. The van der Waals surface area contributed by atoms with Gasteiger partial charge in [0.15, 0.2) is 0 Å². The van der Waals surface area contributed by atoms with Crippen molar-refractivity contribution in [3.05, 3.63) is 23.5 Å². The Bertz CT molecular complexity index is 937. The fourth-order valence-corrected chi connectivity index (χ4v) is 7.37. The first-order valence-electron chi connectivity index (χ1n) is 10.9. The molecule has 0 saturated heterocycles. The summed E-state index contributed by atoms with van der Waals surface area (Å²) in [5.74, 6) is 0.353. The highest BCUT2D eigenvalue weighted by Gasteiger charge is 2.59. The molecule has 2 fully saturated rings. The summed E-state index contributed by atoms with van der Waals surface area (Å²) in [7, 11) is -5.67. The lowest BCUT2D eigenvalue weighted by Gasteiger charge is -2.57. The third kappa shape index (κ3) is 3.60. The van der Waals surface area contributed by atoms with E-state index in [1.165, 1.54) is 12.5 Å². The minimum absolute atomic E-state index is 0.0252. The van der Waals surface area contributed by atoms with Crippen molar-refractivity contribution in [1.29, 1.82) is 0 Å².